The van der Waals surface area contributed by atoms with E-state index in [2.05, 4.69) is 15.2 Å². The van der Waals surface area contributed by atoms with Gasteiger partial charge in [0.05, 0.1) is 12.4 Å². The van der Waals surface area contributed by atoms with Gasteiger partial charge in [0, 0.05) is 17.0 Å². The van der Waals surface area contributed by atoms with Crippen LogP contribution < -0.4 is 0 Å². The Morgan fingerprint density at radius 3 is 2.67 bits per heavy atom. The third kappa shape index (κ3) is 1.52. The molecule has 0 aromatic carbocycles. The molecule has 0 fully saturated rings. The number of rotatable bonds is 2. The largest absolute Gasteiger partial charge is 0.298 e. The summed E-state index contributed by atoms with van der Waals surface area (Å²) >= 11 is 0. The van der Waals surface area contributed by atoms with Gasteiger partial charge in [-0.1, -0.05) is 0 Å². The van der Waals surface area contributed by atoms with Crippen LogP contribution in [-0.2, 0) is 0 Å². The molecule has 2 aromatic rings. The molecule has 0 aliphatic carbocycles. The van der Waals surface area contributed by atoms with E-state index in [-0.39, 0.29) is 0 Å². The topological polar surface area (TPSA) is 60.7 Å². The molecular weight excluding hydrogens is 192 g/mol. The minimum Gasteiger partial charge on any atom is -0.298 e. The molecule has 2 heterocycles. The van der Waals surface area contributed by atoms with E-state index in [1.165, 1.54) is 6.20 Å². The van der Waals surface area contributed by atoms with Crippen LogP contribution in [0.15, 0.2) is 18.5 Å². The van der Waals surface area contributed by atoms with Gasteiger partial charge in [-0.25, -0.2) is 4.98 Å². The first-order valence-electron chi connectivity index (χ1n) is 4.52. The monoisotopic (exact) mass is 202 g/mol. The van der Waals surface area contributed by atoms with Crippen LogP contribution in [0.4, 0.5) is 0 Å². The normalized spacial score (nSPS) is 10.3. The standard InChI is InChI=1S/C10H10N4O/c1-7-5-9(6-15)8(2)14(7)10-11-3-4-12-13-10/h3-6H,1-2H3. The minimum atomic E-state index is 0.487. The smallest absolute Gasteiger partial charge is 0.253 e. The van der Waals surface area contributed by atoms with Crippen molar-refractivity contribution in [2.75, 3.05) is 0 Å². The molecule has 5 heteroatoms. The van der Waals surface area contributed by atoms with Crippen LogP contribution in [0.5, 0.6) is 0 Å². The zero-order chi connectivity index (χ0) is 10.8. The van der Waals surface area contributed by atoms with E-state index >= 15 is 0 Å². The van der Waals surface area contributed by atoms with Crippen molar-refractivity contribution >= 4 is 6.29 Å². The Bertz CT molecular complexity index is 490. The molecule has 0 amide bonds. The lowest BCUT2D eigenvalue weighted by Crippen LogP contribution is -2.05. The molecule has 2 rings (SSSR count). The number of nitrogens with zero attached hydrogens (tertiary/aromatic N) is 4. The van der Waals surface area contributed by atoms with Crippen LogP contribution in [0.1, 0.15) is 21.7 Å². The molecular formula is C10H10N4O. The van der Waals surface area contributed by atoms with Crippen LogP contribution in [0.3, 0.4) is 0 Å². The highest BCUT2D eigenvalue weighted by atomic mass is 16.1. The average molecular weight is 202 g/mol. The van der Waals surface area contributed by atoms with Gasteiger partial charge in [-0.3, -0.25) is 9.36 Å². The molecule has 0 atom stereocenters. The minimum absolute atomic E-state index is 0.487. The first kappa shape index (κ1) is 9.51. The fraction of sp³-hybridized carbons (Fsp3) is 0.200. The van der Waals surface area contributed by atoms with Gasteiger partial charge >= 0.3 is 0 Å². The summed E-state index contributed by atoms with van der Waals surface area (Å²) in [6.45, 7) is 3.75. The van der Waals surface area contributed by atoms with Gasteiger partial charge in [0.25, 0.3) is 5.95 Å². The lowest BCUT2D eigenvalue weighted by atomic mass is 10.3. The summed E-state index contributed by atoms with van der Waals surface area (Å²) in [6.07, 6.45) is 3.91. The predicted molar refractivity (Wildman–Crippen MR) is 54.0 cm³/mol. The average Bonchev–Trinajstić information content (AvgIpc) is 2.55. The number of aromatic nitrogens is 4. The highest BCUT2D eigenvalue weighted by Gasteiger charge is 2.11. The van der Waals surface area contributed by atoms with E-state index in [0.29, 0.717) is 11.5 Å². The maximum Gasteiger partial charge on any atom is 0.253 e. The van der Waals surface area contributed by atoms with E-state index in [9.17, 15) is 4.79 Å². The second kappa shape index (κ2) is 3.61. The maximum atomic E-state index is 10.8. The first-order valence-corrected chi connectivity index (χ1v) is 4.52. The van der Waals surface area contributed by atoms with Crippen LogP contribution in [-0.4, -0.2) is 26.0 Å². The molecule has 0 saturated carbocycles. The molecule has 5 nitrogen and oxygen atoms in total. The van der Waals surface area contributed by atoms with Crippen molar-refractivity contribution in [3.8, 4) is 5.95 Å². The summed E-state index contributed by atoms with van der Waals surface area (Å²) in [4.78, 5) is 14.8. The summed E-state index contributed by atoms with van der Waals surface area (Å²) in [5.74, 6) is 0.487. The van der Waals surface area contributed by atoms with E-state index < -0.39 is 0 Å². The van der Waals surface area contributed by atoms with Crippen LogP contribution in [0, 0.1) is 13.8 Å². The second-order valence-corrected chi connectivity index (χ2v) is 3.22. The van der Waals surface area contributed by atoms with Gasteiger partial charge in [0.2, 0.25) is 0 Å². The number of carbonyl (C=O) groups is 1. The Morgan fingerprint density at radius 1 is 1.33 bits per heavy atom. The zero-order valence-electron chi connectivity index (χ0n) is 8.51. The van der Waals surface area contributed by atoms with E-state index in [1.54, 1.807) is 16.8 Å². The molecule has 0 N–H and O–H groups in total. The summed E-state index contributed by atoms with van der Waals surface area (Å²) in [6, 6.07) is 1.80. The number of hydrogen-bond donors (Lipinski definition) is 0. The van der Waals surface area contributed by atoms with Gasteiger partial charge in [-0.05, 0) is 19.9 Å². The van der Waals surface area contributed by atoms with Gasteiger partial charge in [0.15, 0.2) is 6.29 Å². The molecule has 15 heavy (non-hydrogen) atoms. The van der Waals surface area contributed by atoms with Crippen molar-refractivity contribution in [1.82, 2.24) is 19.7 Å². The summed E-state index contributed by atoms with van der Waals surface area (Å²) in [5.41, 5.74) is 2.40. The molecule has 0 bridgehead atoms. The quantitative estimate of drug-likeness (QED) is 0.684. The van der Waals surface area contributed by atoms with E-state index in [4.69, 9.17) is 0 Å². The third-order valence-corrected chi connectivity index (χ3v) is 2.27. The van der Waals surface area contributed by atoms with Crippen LogP contribution >= 0.6 is 0 Å². The van der Waals surface area contributed by atoms with Gasteiger partial charge in [-0.2, -0.15) is 5.10 Å². The SMILES string of the molecule is Cc1cc(C=O)c(C)n1-c1nccnn1. The van der Waals surface area contributed by atoms with Crippen molar-refractivity contribution in [3.63, 3.8) is 0 Å². The van der Waals surface area contributed by atoms with Gasteiger partial charge in [-0.15, -0.1) is 5.10 Å². The Kier molecular flexibility index (Phi) is 2.29. The van der Waals surface area contributed by atoms with E-state index in [1.807, 2.05) is 13.8 Å². The molecule has 0 unspecified atom stereocenters. The number of aldehydes is 1. The number of aryl methyl sites for hydroxylation is 1. The lowest BCUT2D eigenvalue weighted by Gasteiger charge is -2.04. The third-order valence-electron chi connectivity index (χ3n) is 2.27. The molecule has 76 valence electrons. The highest BCUT2D eigenvalue weighted by Crippen LogP contribution is 2.15. The Labute approximate surface area is 86.8 Å². The predicted octanol–water partition coefficient (Wildman–Crippen LogP) is 1.09. The van der Waals surface area contributed by atoms with Crippen molar-refractivity contribution in [1.29, 1.82) is 0 Å². The Hall–Kier alpha value is -2.04. The lowest BCUT2D eigenvalue weighted by molar-refractivity contribution is 0.112. The molecule has 0 aliphatic heterocycles. The van der Waals surface area contributed by atoms with E-state index in [0.717, 1.165) is 17.7 Å². The zero-order valence-corrected chi connectivity index (χ0v) is 8.51. The summed E-state index contributed by atoms with van der Waals surface area (Å²) in [7, 11) is 0. The van der Waals surface area contributed by atoms with Crippen molar-refractivity contribution < 1.29 is 4.79 Å². The molecule has 0 spiro atoms. The van der Waals surface area contributed by atoms with Gasteiger partial charge < -0.3 is 0 Å². The molecule has 0 aliphatic rings. The number of carbonyl (C=O) groups excluding carboxylic acids is 1. The second-order valence-electron chi connectivity index (χ2n) is 3.22. The molecule has 0 saturated heterocycles. The fourth-order valence-electron chi connectivity index (χ4n) is 1.56. The van der Waals surface area contributed by atoms with Gasteiger partial charge in [0.1, 0.15) is 0 Å². The van der Waals surface area contributed by atoms with Crippen molar-refractivity contribution in [2.45, 2.75) is 13.8 Å². The highest BCUT2D eigenvalue weighted by molar-refractivity contribution is 5.77. The first-order chi connectivity index (χ1) is 7.24. The fourth-order valence-corrected chi connectivity index (χ4v) is 1.56. The van der Waals surface area contributed by atoms with Crippen molar-refractivity contribution in [3.05, 3.63) is 35.4 Å². The summed E-state index contributed by atoms with van der Waals surface area (Å²) in [5, 5.41) is 7.66. The number of hydrogen-bond acceptors (Lipinski definition) is 4. The molecule has 2 aromatic heterocycles. The Balaban J connectivity index is 2.63. The van der Waals surface area contributed by atoms with Crippen molar-refractivity contribution in [2.24, 2.45) is 0 Å². The van der Waals surface area contributed by atoms with Crippen LogP contribution in [0.2, 0.25) is 0 Å². The molecule has 0 radical (unpaired) electrons. The summed E-state index contributed by atoms with van der Waals surface area (Å²) < 4.78 is 1.80. The van der Waals surface area contributed by atoms with Crippen LogP contribution in [0.25, 0.3) is 5.95 Å². The Morgan fingerprint density at radius 2 is 2.13 bits per heavy atom. The maximum absolute atomic E-state index is 10.8.